The first-order valence-corrected chi connectivity index (χ1v) is 9.41. The number of amides is 1. The number of hydrogen-bond donors (Lipinski definition) is 0. The Morgan fingerprint density at radius 1 is 0.963 bits per heavy atom. The molecule has 0 saturated carbocycles. The molecule has 144 valence electrons. The molecule has 1 fully saturated rings. The molecule has 3 rings (SSSR count). The van der Waals surface area contributed by atoms with Crippen molar-refractivity contribution >= 4 is 11.6 Å². The number of ether oxygens (including phenoxy) is 2. The second kappa shape index (κ2) is 8.80. The molecule has 5 nitrogen and oxygen atoms in total. The highest BCUT2D eigenvalue weighted by Crippen LogP contribution is 2.28. The van der Waals surface area contributed by atoms with Crippen molar-refractivity contribution < 1.29 is 14.3 Å². The van der Waals surface area contributed by atoms with Crippen molar-refractivity contribution in [3.05, 3.63) is 53.6 Å². The number of hydrogen-bond acceptors (Lipinski definition) is 4. The third-order valence-corrected chi connectivity index (χ3v) is 5.16. The van der Waals surface area contributed by atoms with Crippen LogP contribution in [0.1, 0.15) is 17.5 Å². The SMILES string of the molecule is COc1ccc(CCC(=O)N2CCN(c3ccccc3C)CC2)cc1OC. The smallest absolute Gasteiger partial charge is 0.223 e. The lowest BCUT2D eigenvalue weighted by Gasteiger charge is -2.37. The van der Waals surface area contributed by atoms with Crippen LogP contribution in [0.15, 0.2) is 42.5 Å². The topological polar surface area (TPSA) is 42.0 Å². The van der Waals surface area contributed by atoms with E-state index in [-0.39, 0.29) is 5.91 Å². The van der Waals surface area contributed by atoms with E-state index in [1.807, 2.05) is 23.1 Å². The van der Waals surface area contributed by atoms with Gasteiger partial charge in [-0.1, -0.05) is 24.3 Å². The van der Waals surface area contributed by atoms with Gasteiger partial charge in [0, 0.05) is 38.3 Å². The van der Waals surface area contributed by atoms with Gasteiger partial charge in [-0.25, -0.2) is 0 Å². The van der Waals surface area contributed by atoms with Crippen molar-refractivity contribution in [2.24, 2.45) is 0 Å². The number of methoxy groups -OCH3 is 2. The average Bonchev–Trinajstić information content (AvgIpc) is 2.72. The number of para-hydroxylation sites is 1. The van der Waals surface area contributed by atoms with Crippen LogP contribution in [0.25, 0.3) is 0 Å². The maximum atomic E-state index is 12.6. The minimum Gasteiger partial charge on any atom is -0.493 e. The highest BCUT2D eigenvalue weighted by molar-refractivity contribution is 5.77. The van der Waals surface area contributed by atoms with Crippen molar-refractivity contribution in [3.63, 3.8) is 0 Å². The summed E-state index contributed by atoms with van der Waals surface area (Å²) < 4.78 is 10.6. The molecular weight excluding hydrogens is 340 g/mol. The van der Waals surface area contributed by atoms with Crippen molar-refractivity contribution in [1.29, 1.82) is 0 Å². The van der Waals surface area contributed by atoms with E-state index in [2.05, 4.69) is 36.1 Å². The molecule has 0 atom stereocenters. The Hall–Kier alpha value is -2.69. The van der Waals surface area contributed by atoms with Crippen LogP contribution in [-0.4, -0.2) is 51.2 Å². The molecule has 1 amide bonds. The highest BCUT2D eigenvalue weighted by atomic mass is 16.5. The Kier molecular flexibility index (Phi) is 6.22. The van der Waals surface area contributed by atoms with Gasteiger partial charge in [-0.05, 0) is 42.7 Å². The molecule has 0 aliphatic carbocycles. The number of nitrogens with zero attached hydrogens (tertiary/aromatic N) is 2. The van der Waals surface area contributed by atoms with Crippen LogP contribution in [0.5, 0.6) is 11.5 Å². The van der Waals surface area contributed by atoms with Crippen LogP contribution < -0.4 is 14.4 Å². The normalized spacial score (nSPS) is 14.2. The first-order chi connectivity index (χ1) is 13.1. The number of aryl methyl sites for hydroxylation is 2. The van der Waals surface area contributed by atoms with Gasteiger partial charge in [0.25, 0.3) is 0 Å². The number of anilines is 1. The molecule has 2 aromatic carbocycles. The lowest BCUT2D eigenvalue weighted by atomic mass is 10.1. The molecular formula is C22H28N2O3. The minimum atomic E-state index is 0.217. The summed E-state index contributed by atoms with van der Waals surface area (Å²) in [5.74, 6) is 1.63. The monoisotopic (exact) mass is 368 g/mol. The zero-order valence-electron chi connectivity index (χ0n) is 16.4. The first kappa shape index (κ1) is 19.1. The summed E-state index contributed by atoms with van der Waals surface area (Å²) in [6, 6.07) is 14.3. The molecule has 27 heavy (non-hydrogen) atoms. The molecule has 2 aromatic rings. The maximum Gasteiger partial charge on any atom is 0.223 e. The molecule has 0 spiro atoms. The Balaban J connectivity index is 1.52. The molecule has 5 heteroatoms. The van der Waals surface area contributed by atoms with E-state index in [9.17, 15) is 4.79 Å². The molecule has 1 aliphatic rings. The van der Waals surface area contributed by atoms with Gasteiger partial charge in [0.05, 0.1) is 14.2 Å². The van der Waals surface area contributed by atoms with Crippen molar-refractivity contribution in [3.8, 4) is 11.5 Å². The lowest BCUT2D eigenvalue weighted by molar-refractivity contribution is -0.131. The quantitative estimate of drug-likeness (QED) is 0.785. The summed E-state index contributed by atoms with van der Waals surface area (Å²) in [6.45, 7) is 5.45. The fourth-order valence-corrected chi connectivity index (χ4v) is 3.56. The zero-order chi connectivity index (χ0) is 19.2. The van der Waals surface area contributed by atoms with Crippen LogP contribution in [0.2, 0.25) is 0 Å². The lowest BCUT2D eigenvalue weighted by Crippen LogP contribution is -2.49. The second-order valence-electron chi connectivity index (χ2n) is 6.84. The van der Waals surface area contributed by atoms with Gasteiger partial charge in [0.2, 0.25) is 5.91 Å². The average molecular weight is 368 g/mol. The number of rotatable bonds is 6. The summed E-state index contributed by atoms with van der Waals surface area (Å²) in [4.78, 5) is 17.0. The number of piperazine rings is 1. The third kappa shape index (κ3) is 4.54. The second-order valence-corrected chi connectivity index (χ2v) is 6.84. The van der Waals surface area contributed by atoms with E-state index in [0.717, 1.165) is 31.7 Å². The minimum absolute atomic E-state index is 0.217. The van der Waals surface area contributed by atoms with E-state index in [0.29, 0.717) is 24.3 Å². The molecule has 0 unspecified atom stereocenters. The van der Waals surface area contributed by atoms with Gasteiger partial charge in [0.1, 0.15) is 0 Å². The van der Waals surface area contributed by atoms with E-state index in [1.54, 1.807) is 14.2 Å². The van der Waals surface area contributed by atoms with E-state index >= 15 is 0 Å². The van der Waals surface area contributed by atoms with Gasteiger partial charge >= 0.3 is 0 Å². The predicted molar refractivity (Wildman–Crippen MR) is 108 cm³/mol. The fraction of sp³-hybridized carbons (Fsp3) is 0.409. The molecule has 1 heterocycles. The molecule has 1 aliphatic heterocycles. The summed E-state index contributed by atoms with van der Waals surface area (Å²) in [5.41, 5.74) is 3.64. The summed E-state index contributed by atoms with van der Waals surface area (Å²) in [7, 11) is 3.25. The number of carbonyl (C=O) groups is 1. The van der Waals surface area contributed by atoms with E-state index < -0.39 is 0 Å². The van der Waals surface area contributed by atoms with Gasteiger partial charge in [-0.15, -0.1) is 0 Å². The maximum absolute atomic E-state index is 12.6. The Bertz CT molecular complexity index is 783. The molecule has 0 bridgehead atoms. The number of benzene rings is 2. The Labute approximate surface area is 161 Å². The van der Waals surface area contributed by atoms with Crippen LogP contribution >= 0.6 is 0 Å². The number of carbonyl (C=O) groups excluding carboxylic acids is 1. The third-order valence-electron chi connectivity index (χ3n) is 5.16. The zero-order valence-corrected chi connectivity index (χ0v) is 16.4. The molecule has 0 N–H and O–H groups in total. The van der Waals surface area contributed by atoms with Crippen molar-refractivity contribution in [2.45, 2.75) is 19.8 Å². The molecule has 0 radical (unpaired) electrons. The standard InChI is InChI=1S/C22H28N2O3/c1-17-6-4-5-7-19(17)23-12-14-24(15-13-23)22(25)11-9-18-8-10-20(26-2)21(16-18)27-3/h4-8,10,16H,9,11-15H2,1-3H3. The van der Waals surface area contributed by atoms with E-state index in [1.165, 1.54) is 11.3 Å². The van der Waals surface area contributed by atoms with Crippen molar-refractivity contribution in [2.75, 3.05) is 45.3 Å². The Morgan fingerprint density at radius 3 is 2.33 bits per heavy atom. The van der Waals surface area contributed by atoms with Crippen LogP contribution in [0.4, 0.5) is 5.69 Å². The van der Waals surface area contributed by atoms with Gasteiger partial charge < -0.3 is 19.3 Å². The van der Waals surface area contributed by atoms with Crippen molar-refractivity contribution in [1.82, 2.24) is 4.90 Å². The van der Waals surface area contributed by atoms with Gasteiger partial charge in [-0.3, -0.25) is 4.79 Å². The summed E-state index contributed by atoms with van der Waals surface area (Å²) >= 11 is 0. The van der Waals surface area contributed by atoms with Crippen LogP contribution in [0.3, 0.4) is 0 Å². The first-order valence-electron chi connectivity index (χ1n) is 9.41. The Morgan fingerprint density at radius 2 is 1.67 bits per heavy atom. The van der Waals surface area contributed by atoms with Gasteiger partial charge in [0.15, 0.2) is 11.5 Å². The van der Waals surface area contributed by atoms with Crippen LogP contribution in [0, 0.1) is 6.92 Å². The van der Waals surface area contributed by atoms with Crippen LogP contribution in [-0.2, 0) is 11.2 Å². The molecule has 0 aromatic heterocycles. The summed E-state index contributed by atoms with van der Waals surface area (Å²) in [5, 5.41) is 0. The largest absolute Gasteiger partial charge is 0.493 e. The molecule has 1 saturated heterocycles. The highest BCUT2D eigenvalue weighted by Gasteiger charge is 2.21. The van der Waals surface area contributed by atoms with E-state index in [4.69, 9.17) is 9.47 Å². The predicted octanol–water partition coefficient (Wildman–Crippen LogP) is 3.29. The fourth-order valence-electron chi connectivity index (χ4n) is 3.56. The summed E-state index contributed by atoms with van der Waals surface area (Å²) in [6.07, 6.45) is 1.22. The van der Waals surface area contributed by atoms with Gasteiger partial charge in [-0.2, -0.15) is 0 Å².